The number of nitrogens with zero attached hydrogens (tertiary/aromatic N) is 1. The van der Waals surface area contributed by atoms with E-state index in [1.54, 1.807) is 23.1 Å². The zero-order valence-corrected chi connectivity index (χ0v) is 12.1. The molecule has 1 atom stereocenters. The summed E-state index contributed by atoms with van der Waals surface area (Å²) in [7, 11) is 0. The molecule has 1 saturated heterocycles. The molecule has 0 aromatic heterocycles. The van der Waals surface area contributed by atoms with E-state index < -0.39 is 11.7 Å². The maximum atomic E-state index is 13.9. The minimum Gasteiger partial charge on any atom is -0.444 e. The summed E-state index contributed by atoms with van der Waals surface area (Å²) in [4.78, 5) is 13.9. The molecule has 4 nitrogen and oxygen atoms in total. The molecule has 20 heavy (non-hydrogen) atoms. The molecule has 1 aromatic rings. The third kappa shape index (κ3) is 3.48. The summed E-state index contributed by atoms with van der Waals surface area (Å²) in [5.41, 5.74) is -0.0348. The van der Waals surface area contributed by atoms with Gasteiger partial charge in [-0.1, -0.05) is 18.2 Å². The van der Waals surface area contributed by atoms with Crippen molar-refractivity contribution in [2.75, 3.05) is 19.6 Å². The second kappa shape index (κ2) is 5.79. The van der Waals surface area contributed by atoms with Gasteiger partial charge in [-0.2, -0.15) is 0 Å². The zero-order chi connectivity index (χ0) is 14.8. The normalized spacial score (nSPS) is 19.8. The first-order valence-corrected chi connectivity index (χ1v) is 6.83. The molecular weight excluding hydrogens is 259 g/mol. The van der Waals surface area contributed by atoms with Crippen molar-refractivity contribution in [1.82, 2.24) is 10.2 Å². The number of carbonyl (C=O) groups is 1. The molecule has 2 rings (SSSR count). The third-order valence-electron chi connectivity index (χ3n) is 3.14. The van der Waals surface area contributed by atoms with Crippen LogP contribution in [-0.2, 0) is 4.74 Å². The van der Waals surface area contributed by atoms with E-state index in [9.17, 15) is 9.18 Å². The maximum Gasteiger partial charge on any atom is 0.410 e. The Labute approximate surface area is 118 Å². The summed E-state index contributed by atoms with van der Waals surface area (Å²) in [6, 6.07) is 6.22. The van der Waals surface area contributed by atoms with Gasteiger partial charge in [-0.25, -0.2) is 9.18 Å². The summed E-state index contributed by atoms with van der Waals surface area (Å²) in [6.45, 7) is 7.19. The molecule has 0 bridgehead atoms. The van der Waals surface area contributed by atoms with Gasteiger partial charge in [0, 0.05) is 25.2 Å². The number of hydrogen-bond donors (Lipinski definition) is 1. The van der Waals surface area contributed by atoms with Gasteiger partial charge in [0.2, 0.25) is 0 Å². The van der Waals surface area contributed by atoms with E-state index >= 15 is 0 Å². The molecule has 0 radical (unpaired) electrons. The first-order valence-electron chi connectivity index (χ1n) is 6.83. The monoisotopic (exact) mass is 280 g/mol. The first-order chi connectivity index (χ1) is 9.38. The van der Waals surface area contributed by atoms with E-state index in [4.69, 9.17) is 4.74 Å². The van der Waals surface area contributed by atoms with Crippen molar-refractivity contribution in [3.8, 4) is 0 Å². The van der Waals surface area contributed by atoms with E-state index in [1.807, 2.05) is 20.8 Å². The van der Waals surface area contributed by atoms with Crippen molar-refractivity contribution >= 4 is 6.09 Å². The summed E-state index contributed by atoms with van der Waals surface area (Å²) in [6.07, 6.45) is -0.396. The molecule has 1 N–H and O–H groups in total. The number of amides is 1. The first kappa shape index (κ1) is 14.8. The van der Waals surface area contributed by atoms with Crippen LogP contribution in [0.15, 0.2) is 24.3 Å². The Kier molecular flexibility index (Phi) is 4.28. The van der Waals surface area contributed by atoms with Crippen molar-refractivity contribution in [1.29, 1.82) is 0 Å². The van der Waals surface area contributed by atoms with Crippen molar-refractivity contribution < 1.29 is 13.9 Å². The number of piperazine rings is 1. The van der Waals surface area contributed by atoms with Crippen LogP contribution in [0.5, 0.6) is 0 Å². The lowest BCUT2D eigenvalue weighted by molar-refractivity contribution is 0.0114. The van der Waals surface area contributed by atoms with Gasteiger partial charge >= 0.3 is 6.09 Å². The van der Waals surface area contributed by atoms with Gasteiger partial charge in [0.05, 0.1) is 6.04 Å². The number of rotatable bonds is 1. The van der Waals surface area contributed by atoms with E-state index in [1.165, 1.54) is 6.07 Å². The summed E-state index contributed by atoms with van der Waals surface area (Å²) in [5, 5.41) is 3.19. The van der Waals surface area contributed by atoms with Crippen LogP contribution in [0.25, 0.3) is 0 Å². The fraction of sp³-hybridized carbons (Fsp3) is 0.533. The lowest BCUT2D eigenvalue weighted by atomic mass is 10.0. The van der Waals surface area contributed by atoms with E-state index in [2.05, 4.69) is 5.32 Å². The maximum absolute atomic E-state index is 13.9. The van der Waals surface area contributed by atoms with Crippen LogP contribution < -0.4 is 5.32 Å². The number of benzene rings is 1. The van der Waals surface area contributed by atoms with Gasteiger partial charge in [-0.15, -0.1) is 0 Å². The number of halogens is 1. The molecule has 5 heteroatoms. The standard InChI is InChI=1S/C15H21FN2O2/c1-15(2,3)20-14(19)18-9-8-17-10-13(18)11-6-4-5-7-12(11)16/h4-7,13,17H,8-10H2,1-3H3/t13-/m0/s1. The average molecular weight is 280 g/mol. The SMILES string of the molecule is CC(C)(C)OC(=O)N1CCNC[C@H]1c1ccccc1F. The van der Waals surface area contributed by atoms with Gasteiger partial charge in [0.25, 0.3) is 0 Å². The van der Waals surface area contributed by atoms with Gasteiger partial charge < -0.3 is 10.1 Å². The molecule has 0 spiro atoms. The highest BCUT2D eigenvalue weighted by Crippen LogP contribution is 2.26. The lowest BCUT2D eigenvalue weighted by Crippen LogP contribution is -2.50. The van der Waals surface area contributed by atoms with E-state index in [-0.39, 0.29) is 11.9 Å². The molecule has 1 heterocycles. The number of carbonyl (C=O) groups excluding carboxylic acids is 1. The Bertz CT molecular complexity index is 485. The van der Waals surface area contributed by atoms with Crippen LogP contribution in [-0.4, -0.2) is 36.2 Å². The van der Waals surface area contributed by atoms with Gasteiger partial charge in [-0.3, -0.25) is 4.90 Å². The predicted octanol–water partition coefficient (Wildman–Crippen LogP) is 2.71. The fourth-order valence-corrected chi connectivity index (χ4v) is 2.27. The molecule has 1 aromatic carbocycles. The van der Waals surface area contributed by atoms with E-state index in [0.717, 1.165) is 0 Å². The Hall–Kier alpha value is -1.62. The number of ether oxygens (including phenoxy) is 1. The van der Waals surface area contributed by atoms with Gasteiger partial charge in [0.15, 0.2) is 0 Å². The molecular formula is C15H21FN2O2. The Morgan fingerprint density at radius 3 is 2.75 bits per heavy atom. The topological polar surface area (TPSA) is 41.6 Å². The molecule has 0 saturated carbocycles. The Morgan fingerprint density at radius 1 is 1.40 bits per heavy atom. The highest BCUT2D eigenvalue weighted by molar-refractivity contribution is 5.69. The smallest absolute Gasteiger partial charge is 0.410 e. The van der Waals surface area contributed by atoms with Crippen LogP contribution in [0, 0.1) is 5.82 Å². The van der Waals surface area contributed by atoms with Crippen molar-refractivity contribution in [2.45, 2.75) is 32.4 Å². The number of nitrogens with one attached hydrogen (secondary N) is 1. The zero-order valence-electron chi connectivity index (χ0n) is 12.1. The molecule has 0 unspecified atom stereocenters. The van der Waals surface area contributed by atoms with Crippen molar-refractivity contribution in [3.05, 3.63) is 35.6 Å². The Morgan fingerprint density at radius 2 is 2.10 bits per heavy atom. The molecule has 0 aliphatic carbocycles. The second-order valence-corrected chi connectivity index (χ2v) is 5.92. The van der Waals surface area contributed by atoms with Crippen molar-refractivity contribution in [2.24, 2.45) is 0 Å². The highest BCUT2D eigenvalue weighted by atomic mass is 19.1. The van der Waals surface area contributed by atoms with Crippen molar-refractivity contribution in [3.63, 3.8) is 0 Å². The lowest BCUT2D eigenvalue weighted by Gasteiger charge is -2.37. The van der Waals surface area contributed by atoms with E-state index in [0.29, 0.717) is 25.2 Å². The Balaban J connectivity index is 2.22. The van der Waals surface area contributed by atoms with Crippen LogP contribution in [0.2, 0.25) is 0 Å². The largest absolute Gasteiger partial charge is 0.444 e. The molecule has 110 valence electrons. The van der Waals surface area contributed by atoms with Crippen LogP contribution >= 0.6 is 0 Å². The minimum absolute atomic E-state index is 0.297. The number of hydrogen-bond acceptors (Lipinski definition) is 3. The minimum atomic E-state index is -0.554. The predicted molar refractivity (Wildman–Crippen MR) is 75.0 cm³/mol. The fourth-order valence-electron chi connectivity index (χ4n) is 2.27. The van der Waals surface area contributed by atoms with Crippen LogP contribution in [0.4, 0.5) is 9.18 Å². The van der Waals surface area contributed by atoms with Gasteiger partial charge in [-0.05, 0) is 26.8 Å². The van der Waals surface area contributed by atoms with Crippen LogP contribution in [0.1, 0.15) is 32.4 Å². The molecule has 1 fully saturated rings. The summed E-state index contributed by atoms with van der Waals surface area (Å²) < 4.78 is 19.3. The quantitative estimate of drug-likeness (QED) is 0.860. The average Bonchev–Trinajstić information content (AvgIpc) is 2.37. The third-order valence-corrected chi connectivity index (χ3v) is 3.14. The molecule has 1 amide bonds. The second-order valence-electron chi connectivity index (χ2n) is 5.92. The molecule has 1 aliphatic heterocycles. The van der Waals surface area contributed by atoms with Crippen LogP contribution in [0.3, 0.4) is 0 Å². The summed E-state index contributed by atoms with van der Waals surface area (Å²) >= 11 is 0. The summed E-state index contributed by atoms with van der Waals surface area (Å²) in [5.74, 6) is -0.297. The highest BCUT2D eigenvalue weighted by Gasteiger charge is 2.32. The van der Waals surface area contributed by atoms with Gasteiger partial charge in [0.1, 0.15) is 11.4 Å². The molecule has 1 aliphatic rings.